The summed E-state index contributed by atoms with van der Waals surface area (Å²) in [6, 6.07) is 0. The van der Waals surface area contributed by atoms with Crippen LogP contribution in [0.1, 0.15) is 10.5 Å². The second-order valence-corrected chi connectivity index (χ2v) is 1.84. The molecule has 0 unspecified atom stereocenters. The molecule has 1 aromatic heterocycles. The van der Waals surface area contributed by atoms with E-state index in [0.717, 1.165) is 0 Å². The molecule has 3 N–H and O–H groups in total. The molecule has 1 aromatic rings. The zero-order valence-corrected chi connectivity index (χ0v) is 5.74. The maximum atomic E-state index is 10.9. The Bertz CT molecular complexity index is 220. The highest BCUT2D eigenvalue weighted by molar-refractivity contribution is 5.91. The number of H-pyrrole nitrogens is 1. The van der Waals surface area contributed by atoms with E-state index in [-0.39, 0.29) is 24.8 Å². The summed E-state index contributed by atoms with van der Waals surface area (Å²) in [5.41, 5.74) is 0.221. The van der Waals surface area contributed by atoms with Gasteiger partial charge in [0.05, 0.1) is 12.8 Å². The zero-order chi connectivity index (χ0) is 8.10. The summed E-state index contributed by atoms with van der Waals surface area (Å²) in [6.07, 6.45) is 1.38. The molecule has 0 aromatic carbocycles. The number of carbonyl (C=O) groups is 1. The first-order valence-electron chi connectivity index (χ1n) is 3.10. The molecule has 0 aliphatic rings. The summed E-state index contributed by atoms with van der Waals surface area (Å²) in [5, 5.41) is 20.0. The van der Waals surface area contributed by atoms with E-state index in [1.54, 1.807) is 0 Å². The van der Waals surface area contributed by atoms with Crippen LogP contribution in [0.5, 0.6) is 0 Å². The number of hydrogen-bond donors (Lipinski definition) is 3. The van der Waals surface area contributed by atoms with Gasteiger partial charge in [0.25, 0.3) is 5.91 Å². The lowest BCUT2D eigenvalue weighted by Crippen LogP contribution is -2.26. The molecule has 0 saturated heterocycles. The van der Waals surface area contributed by atoms with E-state index >= 15 is 0 Å². The van der Waals surface area contributed by atoms with Crippen LogP contribution >= 0.6 is 0 Å². The number of amides is 1. The van der Waals surface area contributed by atoms with Gasteiger partial charge in [-0.25, -0.2) is 0 Å². The van der Waals surface area contributed by atoms with Crippen molar-refractivity contribution in [1.29, 1.82) is 0 Å². The van der Waals surface area contributed by atoms with E-state index in [1.807, 2.05) is 0 Å². The minimum atomic E-state index is -0.340. The van der Waals surface area contributed by atoms with Crippen LogP contribution in [0, 0.1) is 0 Å². The fraction of sp³-hybridized carbons (Fsp3) is 0.400. The number of hydrogen-bond acceptors (Lipinski definition) is 4. The van der Waals surface area contributed by atoms with Crippen molar-refractivity contribution in [3.63, 3.8) is 0 Å². The summed E-state index contributed by atoms with van der Waals surface area (Å²) in [7, 11) is 0. The third-order valence-electron chi connectivity index (χ3n) is 1.05. The topological polar surface area (TPSA) is 90.9 Å². The fourth-order valence-corrected chi connectivity index (χ4v) is 0.573. The van der Waals surface area contributed by atoms with Gasteiger partial charge >= 0.3 is 0 Å². The summed E-state index contributed by atoms with van der Waals surface area (Å²) in [5.74, 6) is -0.340. The lowest BCUT2D eigenvalue weighted by Gasteiger charge is -1.96. The highest BCUT2D eigenvalue weighted by Gasteiger charge is 2.05. The van der Waals surface area contributed by atoms with Gasteiger partial charge in [-0.15, -0.1) is 5.10 Å². The van der Waals surface area contributed by atoms with Gasteiger partial charge in [0.15, 0.2) is 5.69 Å². The highest BCUT2D eigenvalue weighted by Crippen LogP contribution is 1.86. The summed E-state index contributed by atoms with van der Waals surface area (Å²) in [6.45, 7) is 0.148. The van der Waals surface area contributed by atoms with Gasteiger partial charge in [-0.1, -0.05) is 5.21 Å². The highest BCUT2D eigenvalue weighted by atomic mass is 16.3. The third-order valence-corrected chi connectivity index (χ3v) is 1.05. The Kier molecular flexibility index (Phi) is 2.56. The van der Waals surface area contributed by atoms with E-state index in [0.29, 0.717) is 0 Å². The standard InChI is InChI=1S/C5H8N4O2/c10-2-1-6-5(11)4-3-7-9-8-4/h3,10H,1-2H2,(H,6,11)(H,7,8,9). The molecule has 0 radical (unpaired) electrons. The molecule has 0 fully saturated rings. The molecule has 1 amide bonds. The maximum Gasteiger partial charge on any atom is 0.273 e. The van der Waals surface area contributed by atoms with E-state index in [9.17, 15) is 4.79 Å². The van der Waals surface area contributed by atoms with E-state index < -0.39 is 0 Å². The van der Waals surface area contributed by atoms with Gasteiger partial charge < -0.3 is 10.4 Å². The van der Waals surface area contributed by atoms with Gasteiger partial charge in [-0.2, -0.15) is 0 Å². The predicted octanol–water partition coefficient (Wildman–Crippen LogP) is -1.47. The maximum absolute atomic E-state index is 10.9. The normalized spacial score (nSPS) is 9.55. The van der Waals surface area contributed by atoms with Crippen molar-refractivity contribution in [3.8, 4) is 0 Å². The first kappa shape index (κ1) is 7.67. The molecule has 6 heteroatoms. The molecule has 0 atom stereocenters. The second-order valence-electron chi connectivity index (χ2n) is 1.84. The Balaban J connectivity index is 2.43. The van der Waals surface area contributed by atoms with Crippen molar-refractivity contribution >= 4 is 5.91 Å². The molecule has 6 nitrogen and oxygen atoms in total. The van der Waals surface area contributed by atoms with Crippen LogP contribution in [0.25, 0.3) is 0 Å². The average Bonchev–Trinajstić information content (AvgIpc) is 2.52. The quantitative estimate of drug-likeness (QED) is 0.498. The minimum absolute atomic E-state index is 0.0798. The smallest absolute Gasteiger partial charge is 0.273 e. The Hall–Kier alpha value is -1.43. The van der Waals surface area contributed by atoms with Crippen LogP contribution in [0.15, 0.2) is 6.20 Å². The molecular weight excluding hydrogens is 148 g/mol. The lowest BCUT2D eigenvalue weighted by molar-refractivity contribution is 0.0939. The number of nitrogens with one attached hydrogen (secondary N) is 2. The molecular formula is C5H8N4O2. The van der Waals surface area contributed by atoms with Crippen LogP contribution in [-0.2, 0) is 0 Å². The van der Waals surface area contributed by atoms with Crippen LogP contribution in [0.3, 0.4) is 0 Å². The SMILES string of the molecule is O=C(NCCO)c1c[nH]nn1. The molecule has 0 aliphatic heterocycles. The number of rotatable bonds is 3. The van der Waals surface area contributed by atoms with Crippen LogP contribution < -0.4 is 5.32 Å². The second kappa shape index (κ2) is 3.67. The number of nitrogens with zero attached hydrogens (tertiary/aromatic N) is 2. The predicted molar refractivity (Wildman–Crippen MR) is 35.8 cm³/mol. The van der Waals surface area contributed by atoms with Crippen molar-refractivity contribution in [2.75, 3.05) is 13.2 Å². The van der Waals surface area contributed by atoms with Crippen LogP contribution in [0.4, 0.5) is 0 Å². The summed E-state index contributed by atoms with van der Waals surface area (Å²) >= 11 is 0. The molecule has 1 rings (SSSR count). The van der Waals surface area contributed by atoms with E-state index in [4.69, 9.17) is 5.11 Å². The Labute approximate surface area is 62.6 Å². The summed E-state index contributed by atoms with van der Waals surface area (Å²) in [4.78, 5) is 10.9. The molecule has 60 valence electrons. The fourth-order valence-electron chi connectivity index (χ4n) is 0.573. The van der Waals surface area contributed by atoms with Crippen molar-refractivity contribution in [3.05, 3.63) is 11.9 Å². The van der Waals surface area contributed by atoms with Gasteiger partial charge in [-0.3, -0.25) is 9.89 Å². The minimum Gasteiger partial charge on any atom is -0.395 e. The lowest BCUT2D eigenvalue weighted by atomic mass is 10.4. The number of aromatic amines is 1. The number of aliphatic hydroxyl groups is 1. The largest absolute Gasteiger partial charge is 0.395 e. The number of aromatic nitrogens is 3. The first-order chi connectivity index (χ1) is 5.34. The number of carbonyl (C=O) groups excluding carboxylic acids is 1. The average molecular weight is 156 g/mol. The molecule has 0 aliphatic carbocycles. The van der Waals surface area contributed by atoms with Crippen LogP contribution in [0.2, 0.25) is 0 Å². The van der Waals surface area contributed by atoms with Gasteiger partial charge in [0, 0.05) is 6.54 Å². The Morgan fingerprint density at radius 2 is 2.64 bits per heavy atom. The molecule has 1 heterocycles. The monoisotopic (exact) mass is 156 g/mol. The number of aliphatic hydroxyl groups excluding tert-OH is 1. The van der Waals surface area contributed by atoms with Crippen LogP contribution in [-0.4, -0.2) is 39.6 Å². The van der Waals surface area contributed by atoms with Crippen molar-refractivity contribution in [2.24, 2.45) is 0 Å². The molecule has 0 spiro atoms. The van der Waals surface area contributed by atoms with Gasteiger partial charge in [-0.05, 0) is 0 Å². The van der Waals surface area contributed by atoms with Gasteiger partial charge in [0.2, 0.25) is 0 Å². The van der Waals surface area contributed by atoms with E-state index in [1.165, 1.54) is 6.20 Å². The molecule has 0 bridgehead atoms. The summed E-state index contributed by atoms with van der Waals surface area (Å²) < 4.78 is 0. The first-order valence-corrected chi connectivity index (χ1v) is 3.10. The van der Waals surface area contributed by atoms with Crippen molar-refractivity contribution < 1.29 is 9.90 Å². The molecule has 0 saturated carbocycles. The Morgan fingerprint density at radius 1 is 1.82 bits per heavy atom. The third kappa shape index (κ3) is 2.01. The van der Waals surface area contributed by atoms with Crippen molar-refractivity contribution in [2.45, 2.75) is 0 Å². The van der Waals surface area contributed by atoms with Gasteiger partial charge in [0.1, 0.15) is 0 Å². The van der Waals surface area contributed by atoms with Crippen molar-refractivity contribution in [1.82, 2.24) is 20.7 Å². The molecule has 11 heavy (non-hydrogen) atoms. The zero-order valence-electron chi connectivity index (χ0n) is 5.74. The van der Waals surface area contributed by atoms with E-state index in [2.05, 4.69) is 20.7 Å². The Morgan fingerprint density at radius 3 is 3.18 bits per heavy atom.